The summed E-state index contributed by atoms with van der Waals surface area (Å²) in [6.07, 6.45) is 2.46. The molecule has 0 bridgehead atoms. The Kier molecular flexibility index (Phi) is 8.80. The molecule has 0 aliphatic rings. The van der Waals surface area contributed by atoms with Gasteiger partial charge in [0.2, 0.25) is 0 Å². The largest absolute Gasteiger partial charge is 0.396 e. The van der Waals surface area contributed by atoms with Crippen molar-refractivity contribution in [3.8, 4) is 0 Å². The summed E-state index contributed by atoms with van der Waals surface area (Å²) >= 11 is 0. The van der Waals surface area contributed by atoms with Crippen LogP contribution in [0.1, 0.15) is 33.1 Å². The Morgan fingerprint density at radius 2 is 1.71 bits per heavy atom. The molecule has 2 atom stereocenters. The van der Waals surface area contributed by atoms with E-state index in [4.69, 9.17) is 5.11 Å². The van der Waals surface area contributed by atoms with Gasteiger partial charge in [-0.05, 0) is 53.8 Å². The van der Waals surface area contributed by atoms with Crippen LogP contribution >= 0.6 is 0 Å². The number of aliphatic hydroxyl groups excluding tert-OH is 1. The minimum atomic E-state index is -0.123. The van der Waals surface area contributed by atoms with Crippen LogP contribution in [0.4, 0.5) is 4.79 Å². The highest BCUT2D eigenvalue weighted by Gasteiger charge is 2.09. The van der Waals surface area contributed by atoms with Crippen LogP contribution in [0.5, 0.6) is 0 Å². The standard InChI is InChI=1S/C12H27N3O2/c1-10(6-5-9-16)13-12(17)14-11(2)7-8-15(3)4/h10-11,16H,5-9H2,1-4H3,(H2,13,14,17). The van der Waals surface area contributed by atoms with Gasteiger partial charge >= 0.3 is 6.03 Å². The Bertz CT molecular complexity index is 210. The fourth-order valence-electron chi connectivity index (χ4n) is 1.48. The van der Waals surface area contributed by atoms with E-state index in [2.05, 4.69) is 15.5 Å². The molecule has 0 aromatic heterocycles. The molecular formula is C12H27N3O2. The van der Waals surface area contributed by atoms with Gasteiger partial charge in [-0.1, -0.05) is 0 Å². The molecule has 0 rings (SSSR count). The zero-order chi connectivity index (χ0) is 13.3. The first-order valence-corrected chi connectivity index (χ1v) is 6.28. The van der Waals surface area contributed by atoms with E-state index in [0.29, 0.717) is 0 Å². The third kappa shape index (κ3) is 10.1. The summed E-state index contributed by atoms with van der Waals surface area (Å²) in [5, 5.41) is 14.4. The quantitative estimate of drug-likeness (QED) is 0.592. The van der Waals surface area contributed by atoms with Gasteiger partial charge in [-0.2, -0.15) is 0 Å². The SMILES string of the molecule is CC(CCCO)NC(=O)NC(C)CCN(C)C. The highest BCUT2D eigenvalue weighted by molar-refractivity contribution is 5.74. The molecular weight excluding hydrogens is 218 g/mol. The number of hydrogen-bond acceptors (Lipinski definition) is 3. The molecule has 0 aromatic rings. The summed E-state index contributed by atoms with van der Waals surface area (Å²) in [4.78, 5) is 13.7. The normalized spacial score (nSPS) is 14.5. The van der Waals surface area contributed by atoms with Crippen molar-refractivity contribution in [1.82, 2.24) is 15.5 Å². The lowest BCUT2D eigenvalue weighted by atomic mass is 10.2. The van der Waals surface area contributed by atoms with Gasteiger partial charge in [0.15, 0.2) is 0 Å². The zero-order valence-corrected chi connectivity index (χ0v) is 11.5. The van der Waals surface area contributed by atoms with Crippen molar-refractivity contribution in [3.05, 3.63) is 0 Å². The van der Waals surface area contributed by atoms with Crippen LogP contribution in [0.15, 0.2) is 0 Å². The van der Waals surface area contributed by atoms with Crippen LogP contribution in [-0.4, -0.2) is 55.4 Å². The minimum absolute atomic E-state index is 0.100. The van der Waals surface area contributed by atoms with E-state index in [1.807, 2.05) is 27.9 Å². The van der Waals surface area contributed by atoms with Gasteiger partial charge < -0.3 is 20.6 Å². The van der Waals surface area contributed by atoms with Gasteiger partial charge in [-0.15, -0.1) is 0 Å². The Hall–Kier alpha value is -0.810. The number of rotatable bonds is 8. The summed E-state index contributed by atoms with van der Waals surface area (Å²) in [5.74, 6) is 0. The summed E-state index contributed by atoms with van der Waals surface area (Å²) in [7, 11) is 4.04. The number of nitrogens with one attached hydrogen (secondary N) is 2. The molecule has 5 nitrogen and oxygen atoms in total. The van der Waals surface area contributed by atoms with Gasteiger partial charge in [0, 0.05) is 18.7 Å². The van der Waals surface area contributed by atoms with Crippen LogP contribution in [0.25, 0.3) is 0 Å². The van der Waals surface area contributed by atoms with E-state index in [0.717, 1.165) is 25.8 Å². The van der Waals surface area contributed by atoms with Crippen molar-refractivity contribution >= 4 is 6.03 Å². The lowest BCUT2D eigenvalue weighted by Gasteiger charge is -2.19. The van der Waals surface area contributed by atoms with E-state index >= 15 is 0 Å². The lowest BCUT2D eigenvalue weighted by Crippen LogP contribution is -2.45. The van der Waals surface area contributed by atoms with Crippen LogP contribution in [0.2, 0.25) is 0 Å². The number of amides is 2. The van der Waals surface area contributed by atoms with Gasteiger partial charge in [-0.25, -0.2) is 4.79 Å². The molecule has 0 fully saturated rings. The highest BCUT2D eigenvalue weighted by atomic mass is 16.3. The Morgan fingerprint density at radius 3 is 2.18 bits per heavy atom. The molecule has 102 valence electrons. The molecule has 0 saturated heterocycles. The first kappa shape index (κ1) is 16.2. The van der Waals surface area contributed by atoms with E-state index in [1.165, 1.54) is 0 Å². The first-order chi connectivity index (χ1) is 7.95. The van der Waals surface area contributed by atoms with Gasteiger partial charge in [0.05, 0.1) is 0 Å². The maximum atomic E-state index is 11.6. The molecule has 17 heavy (non-hydrogen) atoms. The molecule has 2 amide bonds. The molecule has 0 spiro atoms. The van der Waals surface area contributed by atoms with E-state index in [-0.39, 0.29) is 24.7 Å². The van der Waals surface area contributed by atoms with Crippen molar-refractivity contribution in [2.75, 3.05) is 27.2 Å². The van der Waals surface area contributed by atoms with Gasteiger partial charge in [-0.3, -0.25) is 0 Å². The van der Waals surface area contributed by atoms with Crippen molar-refractivity contribution in [2.24, 2.45) is 0 Å². The maximum absolute atomic E-state index is 11.6. The van der Waals surface area contributed by atoms with E-state index < -0.39 is 0 Å². The fourth-order valence-corrected chi connectivity index (χ4v) is 1.48. The van der Waals surface area contributed by atoms with Crippen molar-refractivity contribution in [2.45, 2.75) is 45.2 Å². The van der Waals surface area contributed by atoms with Gasteiger partial charge in [0.1, 0.15) is 0 Å². The molecule has 3 N–H and O–H groups in total. The summed E-state index contributed by atoms with van der Waals surface area (Å²) < 4.78 is 0. The molecule has 0 heterocycles. The van der Waals surface area contributed by atoms with E-state index in [1.54, 1.807) is 0 Å². The summed E-state index contributed by atoms with van der Waals surface area (Å²) in [5.41, 5.74) is 0. The van der Waals surface area contributed by atoms with E-state index in [9.17, 15) is 4.79 Å². The Labute approximate surface area is 105 Å². The number of nitrogens with zero attached hydrogens (tertiary/aromatic N) is 1. The van der Waals surface area contributed by atoms with Crippen LogP contribution in [0.3, 0.4) is 0 Å². The smallest absolute Gasteiger partial charge is 0.315 e. The van der Waals surface area contributed by atoms with Crippen LogP contribution in [-0.2, 0) is 0 Å². The second-order valence-electron chi connectivity index (χ2n) is 4.88. The fraction of sp³-hybridized carbons (Fsp3) is 0.917. The molecule has 2 unspecified atom stereocenters. The first-order valence-electron chi connectivity index (χ1n) is 6.28. The monoisotopic (exact) mass is 245 g/mol. The summed E-state index contributed by atoms with van der Waals surface area (Å²) in [6.45, 7) is 5.08. The minimum Gasteiger partial charge on any atom is -0.396 e. The predicted molar refractivity (Wildman–Crippen MR) is 70.1 cm³/mol. The lowest BCUT2D eigenvalue weighted by molar-refractivity contribution is 0.229. The van der Waals surface area contributed by atoms with Gasteiger partial charge in [0.25, 0.3) is 0 Å². The predicted octanol–water partition coefficient (Wildman–Crippen LogP) is 0.787. The highest BCUT2D eigenvalue weighted by Crippen LogP contribution is 1.96. The van der Waals surface area contributed by atoms with Crippen LogP contribution in [0, 0.1) is 0 Å². The average molecular weight is 245 g/mol. The molecule has 0 aromatic carbocycles. The van der Waals surface area contributed by atoms with Crippen molar-refractivity contribution in [1.29, 1.82) is 0 Å². The van der Waals surface area contributed by atoms with Crippen LogP contribution < -0.4 is 10.6 Å². The average Bonchev–Trinajstić information content (AvgIpc) is 2.23. The number of urea groups is 1. The Morgan fingerprint density at radius 1 is 1.18 bits per heavy atom. The molecule has 0 aliphatic carbocycles. The number of carbonyl (C=O) groups excluding carboxylic acids is 1. The maximum Gasteiger partial charge on any atom is 0.315 e. The number of aliphatic hydroxyl groups is 1. The second-order valence-corrected chi connectivity index (χ2v) is 4.88. The zero-order valence-electron chi connectivity index (χ0n) is 11.5. The van der Waals surface area contributed by atoms with Crippen molar-refractivity contribution < 1.29 is 9.90 Å². The third-order valence-corrected chi connectivity index (χ3v) is 2.56. The van der Waals surface area contributed by atoms with Crippen molar-refractivity contribution in [3.63, 3.8) is 0 Å². The molecule has 0 aliphatic heterocycles. The number of carbonyl (C=O) groups is 1. The Balaban J connectivity index is 3.69. The summed E-state index contributed by atoms with van der Waals surface area (Å²) in [6, 6.07) is 0.146. The number of hydrogen-bond donors (Lipinski definition) is 3. The molecule has 0 radical (unpaired) electrons. The second kappa shape index (κ2) is 9.24. The molecule has 0 saturated carbocycles. The molecule has 5 heteroatoms. The topological polar surface area (TPSA) is 64.6 Å². The third-order valence-electron chi connectivity index (χ3n) is 2.56.